The van der Waals surface area contributed by atoms with Crippen molar-refractivity contribution in [3.8, 4) is 0 Å². The van der Waals surface area contributed by atoms with Crippen molar-refractivity contribution in [1.82, 2.24) is 9.80 Å². The third-order valence-electron chi connectivity index (χ3n) is 3.99. The molecule has 6 heteroatoms. The van der Waals surface area contributed by atoms with Gasteiger partial charge < -0.3 is 19.3 Å². The van der Waals surface area contributed by atoms with E-state index < -0.39 is 0 Å². The molecule has 0 fully saturated rings. The van der Waals surface area contributed by atoms with Crippen LogP contribution in [-0.4, -0.2) is 61.1 Å². The lowest BCUT2D eigenvalue weighted by Crippen LogP contribution is -2.16. The molecular formula is C20H36N2O4. The van der Waals surface area contributed by atoms with Crippen molar-refractivity contribution in [2.24, 2.45) is 0 Å². The van der Waals surface area contributed by atoms with Gasteiger partial charge in [-0.15, -0.1) is 0 Å². The highest BCUT2D eigenvalue weighted by Crippen LogP contribution is 2.02. The lowest BCUT2D eigenvalue weighted by Gasteiger charge is -2.14. The first-order chi connectivity index (χ1) is 12.6. The topological polar surface area (TPSA) is 59.1 Å². The van der Waals surface area contributed by atoms with Gasteiger partial charge in [0.25, 0.3) is 0 Å². The average molecular weight is 369 g/mol. The smallest absolute Gasteiger partial charge is 0.332 e. The summed E-state index contributed by atoms with van der Waals surface area (Å²) in [4.78, 5) is 27.1. The fourth-order valence-electron chi connectivity index (χ4n) is 2.20. The molecule has 0 bridgehead atoms. The van der Waals surface area contributed by atoms with Gasteiger partial charge in [-0.2, -0.15) is 0 Å². The summed E-state index contributed by atoms with van der Waals surface area (Å²) >= 11 is 0. The molecule has 0 aliphatic carbocycles. The van der Waals surface area contributed by atoms with Crippen LogP contribution in [0.2, 0.25) is 0 Å². The molecule has 0 unspecified atom stereocenters. The Labute approximate surface area is 158 Å². The Balaban J connectivity index is 3.62. The van der Waals surface area contributed by atoms with Crippen molar-refractivity contribution in [2.45, 2.75) is 53.4 Å². The summed E-state index contributed by atoms with van der Waals surface area (Å²) < 4.78 is 10.3. The third-order valence-corrected chi connectivity index (χ3v) is 3.99. The number of hydrogen-bond donors (Lipinski definition) is 0. The number of carbonyl (C=O) groups excluding carboxylic acids is 2. The quantitative estimate of drug-likeness (QED) is 0.251. The van der Waals surface area contributed by atoms with Crippen LogP contribution in [0.3, 0.4) is 0 Å². The molecule has 0 saturated carbocycles. The second-order valence-electron chi connectivity index (χ2n) is 5.82. The highest BCUT2D eigenvalue weighted by Gasteiger charge is 2.00. The van der Waals surface area contributed by atoms with Crippen LogP contribution in [-0.2, 0) is 19.1 Å². The number of carbonyl (C=O) groups is 2. The lowest BCUT2D eigenvalue weighted by atomic mass is 10.2. The van der Waals surface area contributed by atoms with E-state index in [1.165, 1.54) is 12.2 Å². The molecule has 6 nitrogen and oxygen atoms in total. The van der Waals surface area contributed by atoms with Gasteiger partial charge in [-0.05, 0) is 53.4 Å². The number of unbranched alkanes of at least 4 members (excludes halogenated alkanes) is 3. The van der Waals surface area contributed by atoms with Gasteiger partial charge in [0, 0.05) is 50.7 Å². The number of ether oxygens (including phenoxy) is 2. The van der Waals surface area contributed by atoms with Crippen LogP contribution in [0.5, 0.6) is 0 Å². The van der Waals surface area contributed by atoms with Gasteiger partial charge in [0.05, 0.1) is 13.2 Å². The first-order valence-corrected chi connectivity index (χ1v) is 9.75. The fraction of sp³-hybridized carbons (Fsp3) is 0.700. The Kier molecular flexibility index (Phi) is 15.2. The van der Waals surface area contributed by atoms with Crippen LogP contribution >= 0.6 is 0 Å². The Morgan fingerprint density at radius 3 is 1.31 bits per heavy atom. The van der Waals surface area contributed by atoms with Crippen molar-refractivity contribution in [3.63, 3.8) is 0 Å². The summed E-state index contributed by atoms with van der Waals surface area (Å²) in [5.74, 6) is -0.600. The Morgan fingerprint density at radius 2 is 1.00 bits per heavy atom. The second-order valence-corrected chi connectivity index (χ2v) is 5.82. The zero-order valence-electron chi connectivity index (χ0n) is 16.9. The van der Waals surface area contributed by atoms with Gasteiger partial charge in [-0.3, -0.25) is 0 Å². The van der Waals surface area contributed by atoms with Crippen LogP contribution in [0.25, 0.3) is 0 Å². The van der Waals surface area contributed by atoms with E-state index in [-0.39, 0.29) is 11.9 Å². The lowest BCUT2D eigenvalue weighted by molar-refractivity contribution is -0.139. The molecule has 0 aliphatic rings. The summed E-state index contributed by atoms with van der Waals surface area (Å²) in [6, 6.07) is 0. The highest BCUT2D eigenvalue weighted by atomic mass is 16.5. The van der Waals surface area contributed by atoms with E-state index in [0.29, 0.717) is 13.2 Å². The molecule has 0 radical (unpaired) electrons. The van der Waals surface area contributed by atoms with E-state index in [4.69, 9.17) is 9.47 Å². The molecule has 0 N–H and O–H groups in total. The predicted molar refractivity (Wildman–Crippen MR) is 105 cm³/mol. The van der Waals surface area contributed by atoms with E-state index in [2.05, 4.69) is 0 Å². The monoisotopic (exact) mass is 368 g/mol. The van der Waals surface area contributed by atoms with Crippen molar-refractivity contribution >= 4 is 11.9 Å². The Morgan fingerprint density at radius 1 is 0.654 bits per heavy atom. The SMILES string of the molecule is CCN(/C=C/C(=O)OCCCCCCOC(=O)/C=C/N(CC)CC)CC. The number of nitrogens with zero attached hydrogens (tertiary/aromatic N) is 2. The Bertz CT molecular complexity index is 388. The third kappa shape index (κ3) is 13.3. The fourth-order valence-corrected chi connectivity index (χ4v) is 2.20. The van der Waals surface area contributed by atoms with E-state index in [0.717, 1.165) is 51.9 Å². The van der Waals surface area contributed by atoms with Crippen molar-refractivity contribution in [1.29, 1.82) is 0 Å². The molecule has 0 aromatic carbocycles. The number of rotatable bonds is 15. The van der Waals surface area contributed by atoms with Crippen LogP contribution in [0.4, 0.5) is 0 Å². The van der Waals surface area contributed by atoms with Crippen LogP contribution in [0, 0.1) is 0 Å². The van der Waals surface area contributed by atoms with E-state index >= 15 is 0 Å². The second kappa shape index (κ2) is 16.5. The highest BCUT2D eigenvalue weighted by molar-refractivity contribution is 5.82. The normalized spacial score (nSPS) is 11.1. The zero-order valence-corrected chi connectivity index (χ0v) is 16.9. The van der Waals surface area contributed by atoms with Crippen molar-refractivity contribution in [3.05, 3.63) is 24.6 Å². The maximum atomic E-state index is 11.5. The van der Waals surface area contributed by atoms with Gasteiger partial charge in [0.1, 0.15) is 0 Å². The number of esters is 2. The molecule has 0 amide bonds. The molecule has 0 saturated heterocycles. The molecule has 26 heavy (non-hydrogen) atoms. The van der Waals surface area contributed by atoms with E-state index in [1.54, 1.807) is 12.4 Å². The number of hydrogen-bond acceptors (Lipinski definition) is 6. The molecule has 0 spiro atoms. The van der Waals surface area contributed by atoms with E-state index in [1.807, 2.05) is 37.5 Å². The first kappa shape index (κ1) is 24.0. The predicted octanol–water partition coefficient (Wildman–Crippen LogP) is 3.34. The summed E-state index contributed by atoms with van der Waals surface area (Å²) in [6.45, 7) is 12.5. The molecule has 0 atom stereocenters. The van der Waals surface area contributed by atoms with Gasteiger partial charge >= 0.3 is 11.9 Å². The molecule has 0 rings (SSSR count). The summed E-state index contributed by atoms with van der Waals surface area (Å²) in [7, 11) is 0. The maximum Gasteiger partial charge on any atom is 0.332 e. The van der Waals surface area contributed by atoms with E-state index in [9.17, 15) is 9.59 Å². The van der Waals surface area contributed by atoms with Crippen molar-refractivity contribution in [2.75, 3.05) is 39.4 Å². The minimum Gasteiger partial charge on any atom is -0.462 e. The molecule has 0 aromatic rings. The molecular weight excluding hydrogens is 332 g/mol. The molecule has 0 aromatic heterocycles. The minimum absolute atomic E-state index is 0.300. The summed E-state index contributed by atoms with van der Waals surface area (Å²) in [5, 5.41) is 0. The van der Waals surface area contributed by atoms with Crippen LogP contribution in [0.15, 0.2) is 24.6 Å². The van der Waals surface area contributed by atoms with Gasteiger partial charge in [-0.1, -0.05) is 0 Å². The largest absolute Gasteiger partial charge is 0.462 e. The van der Waals surface area contributed by atoms with Crippen LogP contribution in [0.1, 0.15) is 53.4 Å². The van der Waals surface area contributed by atoms with Crippen LogP contribution < -0.4 is 0 Å². The molecule has 150 valence electrons. The summed E-state index contributed by atoms with van der Waals surface area (Å²) in [6.07, 6.45) is 10.0. The first-order valence-electron chi connectivity index (χ1n) is 9.75. The Hall–Kier alpha value is -1.98. The molecule has 0 aliphatic heterocycles. The maximum absolute atomic E-state index is 11.5. The van der Waals surface area contributed by atoms with Gasteiger partial charge in [-0.25, -0.2) is 9.59 Å². The van der Waals surface area contributed by atoms with Gasteiger partial charge in [0.2, 0.25) is 0 Å². The minimum atomic E-state index is -0.300. The van der Waals surface area contributed by atoms with Gasteiger partial charge in [0.15, 0.2) is 0 Å². The summed E-state index contributed by atoms with van der Waals surface area (Å²) in [5.41, 5.74) is 0. The molecule has 0 heterocycles. The standard InChI is InChI=1S/C20H36N2O4/c1-5-21(6-2)15-13-19(23)25-17-11-9-10-12-18-26-20(24)14-16-22(7-3)8-4/h13-16H,5-12,17-18H2,1-4H3/b15-13+,16-14+. The van der Waals surface area contributed by atoms with Crippen molar-refractivity contribution < 1.29 is 19.1 Å². The average Bonchev–Trinajstić information content (AvgIpc) is 2.65. The zero-order chi connectivity index (χ0) is 19.6.